The molecule has 1 unspecified atom stereocenters. The number of rotatable bonds is 8. The highest BCUT2D eigenvalue weighted by Gasteiger charge is 2.20. The fourth-order valence-electron chi connectivity index (χ4n) is 2.90. The first-order valence-electron chi connectivity index (χ1n) is 9.63. The Hall–Kier alpha value is -3.45. The number of ether oxygens (including phenoxy) is 1. The van der Waals surface area contributed by atoms with Crippen molar-refractivity contribution in [2.45, 2.75) is 12.5 Å². The van der Waals surface area contributed by atoms with Gasteiger partial charge in [0.25, 0.3) is 11.8 Å². The van der Waals surface area contributed by atoms with Crippen molar-refractivity contribution in [2.75, 3.05) is 11.9 Å². The van der Waals surface area contributed by atoms with Gasteiger partial charge in [-0.1, -0.05) is 70.5 Å². The smallest absolute Gasteiger partial charge is 0.308 e. The van der Waals surface area contributed by atoms with E-state index >= 15 is 0 Å². The Labute approximate surface area is 188 Å². The lowest BCUT2D eigenvalue weighted by Gasteiger charge is -2.19. The van der Waals surface area contributed by atoms with Crippen LogP contribution in [0.15, 0.2) is 89.4 Å². The van der Waals surface area contributed by atoms with Crippen molar-refractivity contribution in [3.05, 3.63) is 101 Å². The van der Waals surface area contributed by atoms with Gasteiger partial charge in [-0.3, -0.25) is 14.4 Å². The van der Waals surface area contributed by atoms with Crippen LogP contribution in [0.4, 0.5) is 5.69 Å². The molecule has 0 aromatic heterocycles. The fourth-order valence-corrected chi connectivity index (χ4v) is 3.30. The Morgan fingerprint density at radius 1 is 0.871 bits per heavy atom. The van der Waals surface area contributed by atoms with Crippen LogP contribution in [0, 0.1) is 0 Å². The predicted molar refractivity (Wildman–Crippen MR) is 121 cm³/mol. The summed E-state index contributed by atoms with van der Waals surface area (Å²) in [6, 6.07) is 24.4. The maximum Gasteiger partial charge on any atom is 0.308 e. The van der Waals surface area contributed by atoms with Crippen LogP contribution in [0.3, 0.4) is 0 Å². The lowest BCUT2D eigenvalue weighted by Crippen LogP contribution is -2.31. The zero-order valence-electron chi connectivity index (χ0n) is 16.6. The van der Waals surface area contributed by atoms with E-state index in [0.29, 0.717) is 11.3 Å². The molecular formula is C24H21BrN2O4. The fraction of sp³-hybridized carbons (Fsp3) is 0.125. The molecule has 0 bridgehead atoms. The molecule has 0 fully saturated rings. The highest BCUT2D eigenvalue weighted by Crippen LogP contribution is 2.19. The summed E-state index contributed by atoms with van der Waals surface area (Å²) < 4.78 is 5.95. The minimum atomic E-state index is -0.591. The molecule has 0 saturated heterocycles. The normalized spacial score (nSPS) is 11.3. The molecule has 158 valence electrons. The molecule has 0 aliphatic heterocycles. The van der Waals surface area contributed by atoms with Gasteiger partial charge < -0.3 is 15.4 Å². The van der Waals surface area contributed by atoms with E-state index in [-0.39, 0.29) is 12.3 Å². The quantitative estimate of drug-likeness (QED) is 0.465. The summed E-state index contributed by atoms with van der Waals surface area (Å²) in [5.41, 5.74) is 1.85. The molecule has 1 atom stereocenters. The van der Waals surface area contributed by atoms with Gasteiger partial charge in [0, 0.05) is 15.7 Å². The van der Waals surface area contributed by atoms with Crippen LogP contribution in [0.25, 0.3) is 0 Å². The van der Waals surface area contributed by atoms with Crippen molar-refractivity contribution < 1.29 is 19.1 Å². The maximum absolute atomic E-state index is 12.6. The molecule has 3 aromatic carbocycles. The molecule has 6 nitrogen and oxygen atoms in total. The van der Waals surface area contributed by atoms with Crippen LogP contribution >= 0.6 is 15.9 Å². The zero-order valence-corrected chi connectivity index (χ0v) is 18.2. The summed E-state index contributed by atoms with van der Waals surface area (Å²) in [4.78, 5) is 37.0. The zero-order chi connectivity index (χ0) is 22.1. The molecule has 0 radical (unpaired) electrons. The lowest BCUT2D eigenvalue weighted by atomic mass is 10.0. The molecule has 0 aliphatic rings. The second kappa shape index (κ2) is 11.1. The molecule has 0 saturated carbocycles. The number of hydrogen-bond acceptors (Lipinski definition) is 4. The minimum Gasteiger partial charge on any atom is -0.455 e. The first-order chi connectivity index (χ1) is 15.0. The molecule has 0 heterocycles. The van der Waals surface area contributed by atoms with Crippen LogP contribution in [0.1, 0.15) is 28.4 Å². The van der Waals surface area contributed by atoms with E-state index in [0.717, 1.165) is 10.0 Å². The van der Waals surface area contributed by atoms with Crippen molar-refractivity contribution in [1.82, 2.24) is 5.32 Å². The van der Waals surface area contributed by atoms with Gasteiger partial charge >= 0.3 is 5.97 Å². The van der Waals surface area contributed by atoms with Gasteiger partial charge in [0.15, 0.2) is 6.61 Å². The third-order valence-electron chi connectivity index (χ3n) is 4.39. The summed E-state index contributed by atoms with van der Waals surface area (Å²) >= 11 is 3.33. The monoisotopic (exact) mass is 480 g/mol. The number of anilines is 1. The van der Waals surface area contributed by atoms with E-state index in [2.05, 4.69) is 26.6 Å². The highest BCUT2D eigenvalue weighted by molar-refractivity contribution is 9.10. The molecule has 31 heavy (non-hydrogen) atoms. The van der Waals surface area contributed by atoms with Gasteiger partial charge in [-0.25, -0.2) is 0 Å². The summed E-state index contributed by atoms with van der Waals surface area (Å²) in [6.07, 6.45) is -0.104. The molecule has 2 N–H and O–H groups in total. The average Bonchev–Trinajstić information content (AvgIpc) is 2.78. The third kappa shape index (κ3) is 7.08. The number of halogens is 1. The Bertz CT molecular complexity index is 1040. The molecule has 3 rings (SSSR count). The lowest BCUT2D eigenvalue weighted by molar-refractivity contribution is -0.147. The van der Waals surface area contributed by atoms with E-state index in [9.17, 15) is 14.4 Å². The van der Waals surface area contributed by atoms with Crippen LogP contribution in [-0.2, 0) is 14.3 Å². The van der Waals surface area contributed by atoms with Gasteiger partial charge in [0.1, 0.15) is 0 Å². The average molecular weight is 481 g/mol. The third-order valence-corrected chi connectivity index (χ3v) is 4.88. The predicted octanol–water partition coefficient (Wildman–Crippen LogP) is 4.49. The number of esters is 1. The second-order valence-electron chi connectivity index (χ2n) is 6.73. The van der Waals surface area contributed by atoms with E-state index in [1.54, 1.807) is 42.5 Å². The van der Waals surface area contributed by atoms with Crippen LogP contribution in [0.2, 0.25) is 0 Å². The van der Waals surface area contributed by atoms with Crippen molar-refractivity contribution in [1.29, 1.82) is 0 Å². The number of carbonyl (C=O) groups is 3. The Morgan fingerprint density at radius 2 is 1.55 bits per heavy atom. The molecule has 0 spiro atoms. The van der Waals surface area contributed by atoms with Crippen molar-refractivity contribution in [3.8, 4) is 0 Å². The Balaban J connectivity index is 1.59. The van der Waals surface area contributed by atoms with Crippen LogP contribution in [-0.4, -0.2) is 24.4 Å². The maximum atomic E-state index is 12.6. The second-order valence-corrected chi connectivity index (χ2v) is 7.64. The van der Waals surface area contributed by atoms with E-state index in [1.807, 2.05) is 42.5 Å². The van der Waals surface area contributed by atoms with E-state index in [1.165, 1.54) is 0 Å². The van der Waals surface area contributed by atoms with Gasteiger partial charge in [-0.05, 0) is 35.9 Å². The molecule has 7 heteroatoms. The van der Waals surface area contributed by atoms with Crippen molar-refractivity contribution >= 4 is 39.4 Å². The number of amides is 2. The summed E-state index contributed by atoms with van der Waals surface area (Å²) in [6.45, 7) is -0.417. The SMILES string of the molecule is O=C(COC(=O)CC(NC(=O)c1ccccc1)c1ccccc1)Nc1cccc(Br)c1. The highest BCUT2D eigenvalue weighted by atomic mass is 79.9. The largest absolute Gasteiger partial charge is 0.455 e. The van der Waals surface area contributed by atoms with E-state index in [4.69, 9.17) is 4.74 Å². The molecule has 0 aliphatic carbocycles. The Morgan fingerprint density at radius 3 is 2.23 bits per heavy atom. The van der Waals surface area contributed by atoms with Crippen LogP contribution in [0.5, 0.6) is 0 Å². The van der Waals surface area contributed by atoms with Crippen molar-refractivity contribution in [2.24, 2.45) is 0 Å². The van der Waals surface area contributed by atoms with Crippen molar-refractivity contribution in [3.63, 3.8) is 0 Å². The van der Waals surface area contributed by atoms with E-state index < -0.39 is 24.5 Å². The minimum absolute atomic E-state index is 0.104. The standard InChI is InChI=1S/C24H21BrN2O4/c25-19-12-7-13-20(14-19)26-22(28)16-31-23(29)15-21(17-8-3-1-4-9-17)27-24(30)18-10-5-2-6-11-18/h1-14,21H,15-16H2,(H,26,28)(H,27,30). The number of benzene rings is 3. The Kier molecular flexibility index (Phi) is 7.95. The summed E-state index contributed by atoms with van der Waals surface area (Å²) in [5.74, 6) is -1.34. The van der Waals surface area contributed by atoms with Gasteiger partial charge in [-0.2, -0.15) is 0 Å². The van der Waals surface area contributed by atoms with Crippen LogP contribution < -0.4 is 10.6 Å². The summed E-state index contributed by atoms with van der Waals surface area (Å²) in [7, 11) is 0. The van der Waals surface area contributed by atoms with Gasteiger partial charge in [-0.15, -0.1) is 0 Å². The molecular weight excluding hydrogens is 460 g/mol. The van der Waals surface area contributed by atoms with Gasteiger partial charge in [0.05, 0.1) is 12.5 Å². The first-order valence-corrected chi connectivity index (χ1v) is 10.4. The first kappa shape index (κ1) is 22.2. The summed E-state index contributed by atoms with van der Waals surface area (Å²) in [5, 5.41) is 5.53. The molecule has 3 aromatic rings. The molecule has 2 amide bonds. The topological polar surface area (TPSA) is 84.5 Å². The van der Waals surface area contributed by atoms with Gasteiger partial charge in [0.2, 0.25) is 0 Å². The number of nitrogens with one attached hydrogen (secondary N) is 2. The number of carbonyl (C=O) groups excluding carboxylic acids is 3. The number of hydrogen-bond donors (Lipinski definition) is 2.